The molecule has 0 unspecified atom stereocenters. The van der Waals surface area contributed by atoms with Crippen LogP contribution in [0.25, 0.3) is 0 Å². The second kappa shape index (κ2) is 5.53. The van der Waals surface area contributed by atoms with E-state index in [1.807, 2.05) is 0 Å². The largest absolute Gasteiger partial charge is 0.453 e. The molecule has 3 nitrogen and oxygen atoms in total. The Morgan fingerprint density at radius 3 is 2.18 bits per heavy atom. The molecule has 0 aromatic rings. The van der Waals surface area contributed by atoms with Crippen molar-refractivity contribution >= 4 is 6.09 Å². The number of carbonyl (C=O) groups is 1. The number of methoxy groups -OCH3 is 1. The van der Waals surface area contributed by atoms with Crippen LogP contribution in [0.2, 0.25) is 0 Å². The Kier molecular flexibility index (Phi) is 4.90. The highest BCUT2D eigenvalue weighted by Gasteiger charge is 2.08. The molecule has 0 bridgehead atoms. The second-order valence-electron chi connectivity index (χ2n) is 1.95. The van der Waals surface area contributed by atoms with Crippen LogP contribution in [0.3, 0.4) is 0 Å². The van der Waals surface area contributed by atoms with Crippen LogP contribution in [0.4, 0.5) is 4.79 Å². The van der Waals surface area contributed by atoms with Crippen LogP contribution in [-0.2, 0) is 4.74 Å². The molecule has 0 aromatic heterocycles. The summed E-state index contributed by atoms with van der Waals surface area (Å²) < 4.78 is 4.51. The molecule has 0 saturated carbocycles. The maximum absolute atomic E-state index is 10.9. The molecule has 0 spiro atoms. The summed E-state index contributed by atoms with van der Waals surface area (Å²) in [7, 11) is 1.35. The first-order valence-corrected chi connectivity index (χ1v) is 3.31. The highest BCUT2D eigenvalue weighted by Crippen LogP contribution is 1.92. The van der Waals surface area contributed by atoms with E-state index in [-0.39, 0.29) is 6.09 Å². The van der Waals surface area contributed by atoms with Gasteiger partial charge >= 0.3 is 6.09 Å². The first-order valence-electron chi connectivity index (χ1n) is 3.31. The lowest BCUT2D eigenvalue weighted by Gasteiger charge is -2.16. The van der Waals surface area contributed by atoms with Crippen molar-refractivity contribution in [2.24, 2.45) is 0 Å². The van der Waals surface area contributed by atoms with Crippen molar-refractivity contribution in [1.82, 2.24) is 4.90 Å². The summed E-state index contributed by atoms with van der Waals surface area (Å²) in [5.41, 5.74) is 0. The monoisotopic (exact) mass is 155 g/mol. The van der Waals surface area contributed by atoms with Crippen molar-refractivity contribution in [3.8, 4) is 0 Å². The van der Waals surface area contributed by atoms with Gasteiger partial charge in [0, 0.05) is 13.1 Å². The van der Waals surface area contributed by atoms with E-state index in [4.69, 9.17) is 0 Å². The fourth-order valence-electron chi connectivity index (χ4n) is 0.664. The topological polar surface area (TPSA) is 29.5 Å². The lowest BCUT2D eigenvalue weighted by atomic mass is 10.5. The molecule has 0 heterocycles. The third-order valence-corrected chi connectivity index (χ3v) is 1.13. The molecule has 0 aliphatic rings. The van der Waals surface area contributed by atoms with Crippen LogP contribution in [0.5, 0.6) is 0 Å². The number of rotatable bonds is 4. The fraction of sp³-hybridized carbons (Fsp3) is 0.375. The van der Waals surface area contributed by atoms with Crippen molar-refractivity contribution < 1.29 is 9.53 Å². The lowest BCUT2D eigenvalue weighted by molar-refractivity contribution is 0.132. The Labute approximate surface area is 66.9 Å². The van der Waals surface area contributed by atoms with Crippen LogP contribution >= 0.6 is 0 Å². The van der Waals surface area contributed by atoms with Gasteiger partial charge in [-0.1, -0.05) is 12.2 Å². The number of hydrogen-bond acceptors (Lipinski definition) is 2. The van der Waals surface area contributed by atoms with Gasteiger partial charge in [0.15, 0.2) is 0 Å². The zero-order valence-electron chi connectivity index (χ0n) is 6.75. The van der Waals surface area contributed by atoms with Gasteiger partial charge in [-0.05, 0) is 0 Å². The van der Waals surface area contributed by atoms with Crippen molar-refractivity contribution in [3.63, 3.8) is 0 Å². The molecule has 11 heavy (non-hydrogen) atoms. The molecule has 0 aliphatic carbocycles. The number of hydrogen-bond donors (Lipinski definition) is 0. The fourth-order valence-corrected chi connectivity index (χ4v) is 0.664. The van der Waals surface area contributed by atoms with Crippen molar-refractivity contribution in [2.45, 2.75) is 0 Å². The minimum atomic E-state index is -0.357. The van der Waals surface area contributed by atoms with Gasteiger partial charge in [-0.3, -0.25) is 0 Å². The first-order chi connectivity index (χ1) is 5.26. The van der Waals surface area contributed by atoms with E-state index in [1.54, 1.807) is 12.2 Å². The summed E-state index contributed by atoms with van der Waals surface area (Å²) in [6.45, 7) is 8.00. The second-order valence-corrected chi connectivity index (χ2v) is 1.95. The molecule has 0 rings (SSSR count). The van der Waals surface area contributed by atoms with Gasteiger partial charge in [0.25, 0.3) is 0 Å². The van der Waals surface area contributed by atoms with Gasteiger partial charge in [0.1, 0.15) is 0 Å². The minimum absolute atomic E-state index is 0.357. The summed E-state index contributed by atoms with van der Waals surface area (Å²) in [5, 5.41) is 0. The predicted octanol–water partition coefficient (Wildman–Crippen LogP) is 1.43. The van der Waals surface area contributed by atoms with Crippen molar-refractivity contribution in [2.75, 3.05) is 20.2 Å². The number of ether oxygens (including phenoxy) is 1. The van der Waals surface area contributed by atoms with Gasteiger partial charge in [-0.25, -0.2) is 4.79 Å². The Morgan fingerprint density at radius 2 is 1.91 bits per heavy atom. The maximum Gasteiger partial charge on any atom is 0.410 e. The third kappa shape index (κ3) is 3.45. The lowest BCUT2D eigenvalue weighted by Crippen LogP contribution is -2.30. The van der Waals surface area contributed by atoms with Crippen LogP contribution in [0.1, 0.15) is 0 Å². The van der Waals surface area contributed by atoms with Crippen LogP contribution < -0.4 is 0 Å². The molecular formula is C8H13NO2. The van der Waals surface area contributed by atoms with E-state index in [2.05, 4.69) is 17.9 Å². The average Bonchev–Trinajstić information content (AvgIpc) is 2.03. The molecule has 0 aliphatic heterocycles. The molecule has 0 aromatic carbocycles. The summed E-state index contributed by atoms with van der Waals surface area (Å²) in [6, 6.07) is 0. The van der Waals surface area contributed by atoms with E-state index >= 15 is 0 Å². The number of amides is 1. The quantitative estimate of drug-likeness (QED) is 0.575. The number of carbonyl (C=O) groups excluding carboxylic acids is 1. The molecule has 62 valence electrons. The Morgan fingerprint density at radius 1 is 1.45 bits per heavy atom. The van der Waals surface area contributed by atoms with E-state index in [9.17, 15) is 4.79 Å². The molecule has 0 saturated heterocycles. The molecule has 0 N–H and O–H groups in total. The minimum Gasteiger partial charge on any atom is -0.453 e. The van der Waals surface area contributed by atoms with E-state index in [1.165, 1.54) is 12.0 Å². The Bertz CT molecular complexity index is 144. The SMILES string of the molecule is C=CCN(CC=C)C(=O)OC. The van der Waals surface area contributed by atoms with E-state index < -0.39 is 0 Å². The summed E-state index contributed by atoms with van der Waals surface area (Å²) in [6.07, 6.45) is 2.92. The molecule has 0 atom stereocenters. The van der Waals surface area contributed by atoms with Crippen LogP contribution in [0.15, 0.2) is 25.3 Å². The van der Waals surface area contributed by atoms with Gasteiger partial charge in [-0.2, -0.15) is 0 Å². The Hall–Kier alpha value is -1.25. The van der Waals surface area contributed by atoms with Gasteiger partial charge in [0.05, 0.1) is 7.11 Å². The normalized spacial score (nSPS) is 8.45. The van der Waals surface area contributed by atoms with Crippen LogP contribution in [0, 0.1) is 0 Å². The molecular weight excluding hydrogens is 142 g/mol. The zero-order valence-corrected chi connectivity index (χ0v) is 6.75. The third-order valence-electron chi connectivity index (χ3n) is 1.13. The smallest absolute Gasteiger partial charge is 0.410 e. The summed E-state index contributed by atoms with van der Waals surface area (Å²) in [4.78, 5) is 12.4. The Balaban J connectivity index is 3.95. The first kappa shape index (κ1) is 9.75. The number of nitrogens with zero attached hydrogens (tertiary/aromatic N) is 1. The summed E-state index contributed by atoms with van der Waals surface area (Å²) in [5.74, 6) is 0. The molecule has 3 heteroatoms. The summed E-state index contributed by atoms with van der Waals surface area (Å²) >= 11 is 0. The van der Waals surface area contributed by atoms with Gasteiger partial charge in [0.2, 0.25) is 0 Å². The van der Waals surface area contributed by atoms with E-state index in [0.717, 1.165) is 0 Å². The van der Waals surface area contributed by atoms with Crippen molar-refractivity contribution in [3.05, 3.63) is 25.3 Å². The van der Waals surface area contributed by atoms with Crippen molar-refractivity contribution in [1.29, 1.82) is 0 Å². The maximum atomic E-state index is 10.9. The van der Waals surface area contributed by atoms with Gasteiger partial charge in [-0.15, -0.1) is 13.2 Å². The average molecular weight is 155 g/mol. The van der Waals surface area contributed by atoms with E-state index in [0.29, 0.717) is 13.1 Å². The molecule has 1 amide bonds. The highest BCUT2D eigenvalue weighted by molar-refractivity contribution is 5.67. The predicted molar refractivity (Wildman–Crippen MR) is 44.4 cm³/mol. The van der Waals surface area contributed by atoms with Crippen LogP contribution in [-0.4, -0.2) is 31.2 Å². The standard InChI is InChI=1S/C8H13NO2/c1-4-6-9(7-5-2)8(10)11-3/h4-5H,1-2,6-7H2,3H3. The molecule has 0 fully saturated rings. The zero-order chi connectivity index (χ0) is 8.69. The highest BCUT2D eigenvalue weighted by atomic mass is 16.5. The van der Waals surface area contributed by atoms with Gasteiger partial charge < -0.3 is 9.64 Å². The molecule has 0 radical (unpaired) electrons.